The van der Waals surface area contributed by atoms with Crippen LogP contribution in [0.3, 0.4) is 0 Å². The molecule has 92 valence electrons. The van der Waals surface area contributed by atoms with Crippen LogP contribution in [0, 0.1) is 0 Å². The lowest BCUT2D eigenvalue weighted by molar-refractivity contribution is 0.0955. The molecule has 0 aliphatic heterocycles. The summed E-state index contributed by atoms with van der Waals surface area (Å²) in [6.45, 7) is 0. The fourth-order valence-corrected chi connectivity index (χ4v) is 2.73. The summed E-state index contributed by atoms with van der Waals surface area (Å²) >= 11 is 10.7. The molecule has 0 spiro atoms. The van der Waals surface area contributed by atoms with Crippen molar-refractivity contribution in [3.8, 4) is 0 Å². The molecular weight excluding hydrogens is 336 g/mol. The topological polar surface area (TPSA) is 41.5 Å². The minimum absolute atomic E-state index is 0.288. The zero-order chi connectivity index (χ0) is 13.0. The van der Waals surface area contributed by atoms with Gasteiger partial charge < -0.3 is 0 Å². The van der Waals surface area contributed by atoms with Gasteiger partial charge in [-0.15, -0.1) is 11.3 Å². The van der Waals surface area contributed by atoms with Crippen LogP contribution in [0.15, 0.2) is 45.3 Å². The van der Waals surface area contributed by atoms with E-state index < -0.39 is 0 Å². The Balaban J connectivity index is 1.98. The van der Waals surface area contributed by atoms with Crippen molar-refractivity contribution < 1.29 is 4.79 Å². The van der Waals surface area contributed by atoms with E-state index >= 15 is 0 Å². The molecular formula is C12H8BrClN2OS. The molecule has 1 aromatic heterocycles. The fourth-order valence-electron chi connectivity index (χ4n) is 1.25. The van der Waals surface area contributed by atoms with Gasteiger partial charge in [-0.2, -0.15) is 5.10 Å². The molecule has 0 aliphatic carbocycles. The smallest absolute Gasteiger partial charge is 0.267 e. The van der Waals surface area contributed by atoms with Crippen molar-refractivity contribution >= 4 is 51.0 Å². The van der Waals surface area contributed by atoms with E-state index in [0.29, 0.717) is 10.6 Å². The van der Waals surface area contributed by atoms with E-state index in [1.807, 2.05) is 12.1 Å². The molecule has 0 bridgehead atoms. The van der Waals surface area contributed by atoms with Crippen molar-refractivity contribution in [1.29, 1.82) is 0 Å². The van der Waals surface area contributed by atoms with E-state index in [0.717, 1.165) is 8.66 Å². The van der Waals surface area contributed by atoms with Gasteiger partial charge in [-0.05, 0) is 46.3 Å². The number of rotatable bonds is 3. The van der Waals surface area contributed by atoms with Crippen molar-refractivity contribution in [3.63, 3.8) is 0 Å². The average Bonchev–Trinajstić information content (AvgIpc) is 2.75. The van der Waals surface area contributed by atoms with E-state index in [9.17, 15) is 4.79 Å². The molecule has 0 fully saturated rings. The van der Waals surface area contributed by atoms with Crippen LogP contribution in [0.2, 0.25) is 5.02 Å². The predicted molar refractivity (Wildman–Crippen MR) is 78.5 cm³/mol. The molecule has 2 aromatic rings. The molecule has 0 atom stereocenters. The number of benzene rings is 1. The van der Waals surface area contributed by atoms with Crippen molar-refractivity contribution in [2.75, 3.05) is 0 Å². The van der Waals surface area contributed by atoms with Crippen molar-refractivity contribution in [2.45, 2.75) is 0 Å². The van der Waals surface area contributed by atoms with Crippen LogP contribution in [0.1, 0.15) is 15.2 Å². The number of amides is 1. The second kappa shape index (κ2) is 6.13. The Kier molecular flexibility index (Phi) is 4.52. The maximum absolute atomic E-state index is 11.7. The lowest BCUT2D eigenvalue weighted by Gasteiger charge is -1.99. The monoisotopic (exact) mass is 342 g/mol. The largest absolute Gasteiger partial charge is 0.271 e. The number of carbonyl (C=O) groups excluding carboxylic acids is 1. The molecule has 0 saturated carbocycles. The van der Waals surface area contributed by atoms with Gasteiger partial charge in [-0.25, -0.2) is 5.43 Å². The fraction of sp³-hybridized carbons (Fsp3) is 0. The first-order chi connectivity index (χ1) is 8.65. The lowest BCUT2D eigenvalue weighted by Crippen LogP contribution is -2.17. The normalized spacial score (nSPS) is 10.8. The van der Waals surface area contributed by atoms with Crippen LogP contribution in [0.5, 0.6) is 0 Å². The Morgan fingerprint density at radius 1 is 1.39 bits per heavy atom. The molecule has 0 unspecified atom stereocenters. The first-order valence-electron chi connectivity index (χ1n) is 4.99. The van der Waals surface area contributed by atoms with Gasteiger partial charge in [0.25, 0.3) is 5.91 Å². The van der Waals surface area contributed by atoms with E-state index in [1.165, 1.54) is 11.3 Å². The summed E-state index contributed by atoms with van der Waals surface area (Å²) in [6.07, 6.45) is 1.60. The first kappa shape index (κ1) is 13.3. The molecule has 0 radical (unpaired) electrons. The third-order valence-corrected chi connectivity index (χ3v) is 3.83. The zero-order valence-electron chi connectivity index (χ0n) is 9.06. The summed E-state index contributed by atoms with van der Waals surface area (Å²) < 4.78 is 1.02. The standard InChI is InChI=1S/C12H8BrClN2OS/c13-11-5-4-10(18-11)7-15-16-12(17)8-2-1-3-9(14)6-8/h1-7H,(H,16,17)/b15-7+. The van der Waals surface area contributed by atoms with Crippen LogP contribution in [0.25, 0.3) is 0 Å². The highest BCUT2D eigenvalue weighted by Crippen LogP contribution is 2.20. The van der Waals surface area contributed by atoms with Gasteiger partial charge in [0.05, 0.1) is 10.0 Å². The molecule has 3 nitrogen and oxygen atoms in total. The Morgan fingerprint density at radius 3 is 2.89 bits per heavy atom. The minimum atomic E-state index is -0.288. The van der Waals surface area contributed by atoms with Crippen molar-refractivity contribution in [1.82, 2.24) is 5.43 Å². The average molecular weight is 344 g/mol. The summed E-state index contributed by atoms with van der Waals surface area (Å²) in [6, 6.07) is 10.5. The lowest BCUT2D eigenvalue weighted by atomic mass is 10.2. The zero-order valence-corrected chi connectivity index (χ0v) is 12.2. The Hall–Kier alpha value is -1.17. The van der Waals surface area contributed by atoms with Gasteiger partial charge in [0, 0.05) is 15.5 Å². The third kappa shape index (κ3) is 3.66. The highest BCUT2D eigenvalue weighted by atomic mass is 79.9. The molecule has 1 N–H and O–H groups in total. The maximum Gasteiger partial charge on any atom is 0.271 e. The summed E-state index contributed by atoms with van der Waals surface area (Å²) in [4.78, 5) is 12.7. The van der Waals surface area contributed by atoms with E-state index in [1.54, 1.807) is 30.5 Å². The molecule has 6 heteroatoms. The Bertz CT molecular complexity index is 597. The van der Waals surface area contributed by atoms with Gasteiger partial charge in [-0.3, -0.25) is 4.79 Å². The van der Waals surface area contributed by atoms with Gasteiger partial charge >= 0.3 is 0 Å². The molecule has 1 aromatic carbocycles. The maximum atomic E-state index is 11.7. The van der Waals surface area contributed by atoms with Crippen LogP contribution in [-0.2, 0) is 0 Å². The van der Waals surface area contributed by atoms with Crippen LogP contribution >= 0.6 is 38.9 Å². The SMILES string of the molecule is O=C(N/N=C/c1ccc(Br)s1)c1cccc(Cl)c1. The van der Waals surface area contributed by atoms with Crippen LogP contribution in [-0.4, -0.2) is 12.1 Å². The summed E-state index contributed by atoms with van der Waals surface area (Å²) in [7, 11) is 0. The first-order valence-corrected chi connectivity index (χ1v) is 6.98. The minimum Gasteiger partial charge on any atom is -0.267 e. The van der Waals surface area contributed by atoms with Crippen molar-refractivity contribution in [3.05, 3.63) is 55.6 Å². The highest BCUT2D eigenvalue weighted by molar-refractivity contribution is 9.11. The summed E-state index contributed by atoms with van der Waals surface area (Å²) in [5.74, 6) is -0.288. The van der Waals surface area contributed by atoms with E-state index in [-0.39, 0.29) is 5.91 Å². The van der Waals surface area contributed by atoms with Gasteiger partial charge in [0.15, 0.2) is 0 Å². The van der Waals surface area contributed by atoms with Crippen molar-refractivity contribution in [2.24, 2.45) is 5.10 Å². The molecule has 1 amide bonds. The summed E-state index contributed by atoms with van der Waals surface area (Å²) in [5, 5.41) is 4.40. The molecule has 1 heterocycles. The number of nitrogens with one attached hydrogen (secondary N) is 1. The number of hydrazone groups is 1. The molecule has 0 saturated heterocycles. The Labute approximate surface area is 122 Å². The number of nitrogens with zero attached hydrogens (tertiary/aromatic N) is 1. The second-order valence-corrected chi connectivity index (χ2v) is 6.28. The number of hydrogen-bond donors (Lipinski definition) is 1. The predicted octanol–water partition coefficient (Wildman–Crippen LogP) is 3.93. The van der Waals surface area contributed by atoms with Gasteiger partial charge in [0.2, 0.25) is 0 Å². The van der Waals surface area contributed by atoms with Crippen LogP contribution < -0.4 is 5.43 Å². The second-order valence-electron chi connectivity index (χ2n) is 3.35. The Morgan fingerprint density at radius 2 is 2.22 bits per heavy atom. The number of halogens is 2. The quantitative estimate of drug-likeness (QED) is 0.666. The third-order valence-electron chi connectivity index (χ3n) is 2.04. The van der Waals surface area contributed by atoms with E-state index in [2.05, 4.69) is 26.5 Å². The van der Waals surface area contributed by atoms with Gasteiger partial charge in [-0.1, -0.05) is 17.7 Å². The summed E-state index contributed by atoms with van der Waals surface area (Å²) in [5.41, 5.74) is 2.93. The molecule has 2 rings (SSSR count). The van der Waals surface area contributed by atoms with Crippen LogP contribution in [0.4, 0.5) is 0 Å². The highest BCUT2D eigenvalue weighted by Gasteiger charge is 2.03. The number of hydrogen-bond acceptors (Lipinski definition) is 3. The number of thiophene rings is 1. The van der Waals surface area contributed by atoms with Gasteiger partial charge in [0.1, 0.15) is 0 Å². The molecule has 18 heavy (non-hydrogen) atoms. The van der Waals surface area contributed by atoms with E-state index in [4.69, 9.17) is 11.6 Å². The number of carbonyl (C=O) groups is 1. The molecule has 0 aliphatic rings.